The summed E-state index contributed by atoms with van der Waals surface area (Å²) in [6.45, 7) is 0. The fourth-order valence-electron chi connectivity index (χ4n) is 3.72. The van der Waals surface area contributed by atoms with Crippen molar-refractivity contribution in [3.63, 3.8) is 0 Å². The molecule has 2 atom stereocenters. The highest BCUT2D eigenvalue weighted by Crippen LogP contribution is 2.57. The third kappa shape index (κ3) is 4.12. The molecule has 2 heterocycles. The molecule has 33 heavy (non-hydrogen) atoms. The molecule has 2 aromatic carbocycles. The summed E-state index contributed by atoms with van der Waals surface area (Å²) in [7, 11) is 0. The molecule has 1 amide bonds. The number of carbonyl (C=O) groups is 1. The van der Waals surface area contributed by atoms with Crippen LogP contribution in [0.2, 0.25) is 0 Å². The Labute approximate surface area is 187 Å². The van der Waals surface area contributed by atoms with Crippen LogP contribution < -0.4 is 26.8 Å². The highest BCUT2D eigenvalue weighted by Gasteiger charge is 2.66. The number of hydrogen-bond acceptors (Lipinski definition) is 7. The Morgan fingerprint density at radius 1 is 1.06 bits per heavy atom. The third-order valence-corrected chi connectivity index (χ3v) is 5.82. The molecular weight excluding hydrogens is 432 g/mol. The zero-order valence-corrected chi connectivity index (χ0v) is 17.3. The number of epoxide rings is 1. The minimum atomic E-state index is -0.646. The first-order valence-electron chi connectivity index (χ1n) is 10.3. The lowest BCUT2D eigenvalue weighted by Gasteiger charge is -2.14. The second-order valence-electron chi connectivity index (χ2n) is 8.09. The second-order valence-corrected chi connectivity index (χ2v) is 8.09. The van der Waals surface area contributed by atoms with Crippen LogP contribution in [0.1, 0.15) is 12.8 Å². The lowest BCUT2D eigenvalue weighted by molar-refractivity contribution is -0.121. The Morgan fingerprint density at radius 2 is 1.79 bits per heavy atom. The molecule has 1 saturated carbocycles. The number of ether oxygens (including phenoxy) is 2. The number of aromatic nitrogens is 1. The van der Waals surface area contributed by atoms with Gasteiger partial charge in [-0.3, -0.25) is 4.79 Å². The molecule has 2 unspecified atom stereocenters. The predicted molar refractivity (Wildman–Crippen MR) is 119 cm³/mol. The molecule has 1 aromatic heterocycles. The molecule has 1 saturated heterocycles. The number of nitrogens with zero attached hydrogens (tertiary/aromatic N) is 1. The maximum atomic E-state index is 14.6. The van der Waals surface area contributed by atoms with Gasteiger partial charge in [-0.25, -0.2) is 13.8 Å². The van der Waals surface area contributed by atoms with E-state index in [1.807, 2.05) is 0 Å². The van der Waals surface area contributed by atoms with E-state index in [0.717, 1.165) is 0 Å². The van der Waals surface area contributed by atoms with Crippen molar-refractivity contribution in [1.29, 1.82) is 0 Å². The van der Waals surface area contributed by atoms with Crippen molar-refractivity contribution in [2.75, 3.05) is 22.1 Å². The van der Waals surface area contributed by atoms with Gasteiger partial charge in [0, 0.05) is 29.7 Å². The highest BCUT2D eigenvalue weighted by atomic mass is 19.1. The standard InChI is InChI=1S/C23H21F2N5O3/c24-12-1-3-13(4-2-12)30-22(31)23(8-9-23)19-21(33-19)29-14-5-6-16(15(25)11-14)32-17-7-10-28-20(27)18(17)26/h1-7,10-11,19,21,29H,8-9,26H2,(H2,27,28)(H,30,31). The van der Waals surface area contributed by atoms with Gasteiger partial charge >= 0.3 is 0 Å². The summed E-state index contributed by atoms with van der Waals surface area (Å²) >= 11 is 0. The molecular formula is C23H21F2N5O3. The average molecular weight is 453 g/mol. The quantitative estimate of drug-likeness (QED) is 0.400. The molecule has 0 bridgehead atoms. The Bertz CT molecular complexity index is 1220. The molecule has 170 valence electrons. The van der Waals surface area contributed by atoms with Gasteiger partial charge in [0.25, 0.3) is 0 Å². The van der Waals surface area contributed by atoms with Gasteiger partial charge in [0.05, 0.1) is 5.41 Å². The average Bonchev–Trinajstić information content (AvgIpc) is 3.70. The Morgan fingerprint density at radius 3 is 2.48 bits per heavy atom. The van der Waals surface area contributed by atoms with Crippen molar-refractivity contribution in [1.82, 2.24) is 4.98 Å². The van der Waals surface area contributed by atoms with Crippen LogP contribution >= 0.6 is 0 Å². The molecule has 2 fully saturated rings. The first kappa shape index (κ1) is 21.0. The van der Waals surface area contributed by atoms with Gasteiger partial charge in [-0.15, -0.1) is 0 Å². The van der Waals surface area contributed by atoms with E-state index in [9.17, 15) is 13.6 Å². The van der Waals surface area contributed by atoms with Gasteiger partial charge in [0.1, 0.15) is 23.4 Å². The summed E-state index contributed by atoms with van der Waals surface area (Å²) in [5.41, 5.74) is 11.9. The summed E-state index contributed by atoms with van der Waals surface area (Å²) in [6.07, 6.45) is 2.02. The van der Waals surface area contributed by atoms with Crippen molar-refractivity contribution >= 4 is 28.8 Å². The normalized spacial score (nSPS) is 20.1. The van der Waals surface area contributed by atoms with E-state index in [1.165, 1.54) is 48.7 Å². The first-order chi connectivity index (χ1) is 15.9. The summed E-state index contributed by atoms with van der Waals surface area (Å²) in [4.78, 5) is 16.6. The van der Waals surface area contributed by atoms with Crippen LogP contribution in [0, 0.1) is 17.0 Å². The number of anilines is 4. The van der Waals surface area contributed by atoms with E-state index in [-0.39, 0.29) is 40.8 Å². The number of carbonyl (C=O) groups excluding carboxylic acids is 1. The smallest absolute Gasteiger partial charge is 0.233 e. The number of pyridine rings is 1. The van der Waals surface area contributed by atoms with Gasteiger partial charge < -0.3 is 31.6 Å². The summed E-state index contributed by atoms with van der Waals surface area (Å²) in [6, 6.07) is 11.4. The number of rotatable bonds is 7. The fourth-order valence-corrected chi connectivity index (χ4v) is 3.72. The minimum Gasteiger partial charge on any atom is -0.452 e. The molecule has 2 aliphatic rings. The maximum absolute atomic E-state index is 14.6. The van der Waals surface area contributed by atoms with Crippen LogP contribution in [0.3, 0.4) is 0 Å². The third-order valence-electron chi connectivity index (χ3n) is 5.82. The minimum absolute atomic E-state index is 0.0246. The number of hydrogen-bond donors (Lipinski definition) is 4. The number of nitrogens with two attached hydrogens (primary N) is 2. The monoisotopic (exact) mass is 453 g/mol. The summed E-state index contributed by atoms with van der Waals surface area (Å²) < 4.78 is 38.9. The van der Waals surface area contributed by atoms with Crippen molar-refractivity contribution in [3.05, 3.63) is 66.4 Å². The van der Waals surface area contributed by atoms with Gasteiger partial charge in [-0.1, -0.05) is 0 Å². The van der Waals surface area contributed by atoms with E-state index < -0.39 is 17.5 Å². The zero-order valence-electron chi connectivity index (χ0n) is 17.3. The number of halogens is 2. The number of nitrogens with one attached hydrogen (secondary N) is 2. The lowest BCUT2D eigenvalue weighted by atomic mass is 10.0. The number of amides is 1. The van der Waals surface area contributed by atoms with Crippen molar-refractivity contribution in [3.8, 4) is 11.5 Å². The van der Waals surface area contributed by atoms with E-state index in [1.54, 1.807) is 6.07 Å². The molecule has 6 N–H and O–H groups in total. The zero-order chi connectivity index (χ0) is 23.2. The van der Waals surface area contributed by atoms with Crippen LogP contribution in [-0.4, -0.2) is 23.2 Å². The van der Waals surface area contributed by atoms with Crippen LogP contribution in [0.25, 0.3) is 0 Å². The van der Waals surface area contributed by atoms with E-state index in [2.05, 4.69) is 15.6 Å². The molecule has 0 spiro atoms. The molecule has 0 radical (unpaired) electrons. The molecule has 1 aliphatic heterocycles. The van der Waals surface area contributed by atoms with Crippen LogP contribution in [0.15, 0.2) is 54.7 Å². The SMILES string of the molecule is Nc1nccc(Oc2ccc(NC3OC3C3(C(=O)Nc4ccc(F)cc4)CC3)cc2F)c1N. The number of benzene rings is 2. The Hall–Kier alpha value is -3.92. The van der Waals surface area contributed by atoms with Gasteiger partial charge in [0.15, 0.2) is 23.5 Å². The van der Waals surface area contributed by atoms with E-state index in [0.29, 0.717) is 24.2 Å². The van der Waals surface area contributed by atoms with E-state index in [4.69, 9.17) is 20.9 Å². The molecule has 8 nitrogen and oxygen atoms in total. The van der Waals surface area contributed by atoms with Crippen LogP contribution in [0.4, 0.5) is 31.7 Å². The topological polar surface area (TPSA) is 128 Å². The maximum Gasteiger partial charge on any atom is 0.233 e. The van der Waals surface area contributed by atoms with Crippen molar-refractivity contribution < 1.29 is 23.0 Å². The largest absolute Gasteiger partial charge is 0.452 e. The summed E-state index contributed by atoms with van der Waals surface area (Å²) in [5.74, 6) is -0.879. The van der Waals surface area contributed by atoms with Gasteiger partial charge in [-0.2, -0.15) is 0 Å². The van der Waals surface area contributed by atoms with Gasteiger partial charge in [-0.05, 0) is 49.2 Å². The molecule has 1 aliphatic carbocycles. The van der Waals surface area contributed by atoms with Crippen LogP contribution in [-0.2, 0) is 9.53 Å². The highest BCUT2D eigenvalue weighted by molar-refractivity contribution is 5.98. The van der Waals surface area contributed by atoms with Crippen molar-refractivity contribution in [2.45, 2.75) is 25.2 Å². The second kappa shape index (κ2) is 7.89. The van der Waals surface area contributed by atoms with Crippen molar-refractivity contribution in [2.24, 2.45) is 5.41 Å². The predicted octanol–water partition coefficient (Wildman–Crippen LogP) is 3.87. The molecule has 3 aromatic rings. The number of nitrogen functional groups attached to an aromatic ring is 2. The summed E-state index contributed by atoms with van der Waals surface area (Å²) in [5, 5.41) is 5.90. The van der Waals surface area contributed by atoms with Crippen LogP contribution in [0.5, 0.6) is 11.5 Å². The Balaban J connectivity index is 1.21. The lowest BCUT2D eigenvalue weighted by Crippen LogP contribution is -2.31. The Kier molecular flexibility index (Phi) is 5.01. The molecule has 5 rings (SSSR count). The fraction of sp³-hybridized carbons (Fsp3) is 0.217. The van der Waals surface area contributed by atoms with Gasteiger partial charge in [0.2, 0.25) is 5.91 Å². The van der Waals surface area contributed by atoms with E-state index >= 15 is 0 Å². The first-order valence-corrected chi connectivity index (χ1v) is 10.3. The molecule has 10 heteroatoms.